The summed E-state index contributed by atoms with van der Waals surface area (Å²) in [5.41, 5.74) is -0.993. The Labute approximate surface area is 424 Å². The van der Waals surface area contributed by atoms with Crippen LogP contribution < -0.4 is 10.6 Å². The van der Waals surface area contributed by atoms with E-state index < -0.39 is 28.9 Å². The topological polar surface area (TPSA) is 188 Å². The molecule has 3 saturated heterocycles. The fourth-order valence-corrected chi connectivity index (χ4v) is 8.58. The number of carbonyl (C=O) groups is 3. The third kappa shape index (κ3) is 18.7. The highest BCUT2D eigenvalue weighted by Gasteiger charge is 2.36. The quantitative estimate of drug-likeness (QED) is 0.0367. The first-order valence-electron chi connectivity index (χ1n) is 24.1. The van der Waals surface area contributed by atoms with Crippen LogP contribution in [0.25, 0.3) is 11.3 Å². The number of hydrogen-bond acceptors (Lipinski definition) is 13. The molecule has 0 radical (unpaired) electrons. The van der Waals surface area contributed by atoms with Gasteiger partial charge in [-0.1, -0.05) is 37.8 Å². The van der Waals surface area contributed by atoms with Crippen molar-refractivity contribution >= 4 is 47.5 Å². The van der Waals surface area contributed by atoms with E-state index in [4.69, 9.17) is 14.9 Å². The van der Waals surface area contributed by atoms with Gasteiger partial charge < -0.3 is 30.2 Å². The van der Waals surface area contributed by atoms with Gasteiger partial charge >= 0.3 is 6.18 Å². The minimum absolute atomic E-state index is 0.00445. The van der Waals surface area contributed by atoms with E-state index in [1.165, 1.54) is 47.4 Å². The molecule has 3 aliphatic rings. The van der Waals surface area contributed by atoms with Crippen LogP contribution in [0.5, 0.6) is 0 Å². The number of methoxy groups -OCH3 is 1. The second-order valence-corrected chi connectivity index (χ2v) is 19.8. The first kappa shape index (κ1) is 58.8. The van der Waals surface area contributed by atoms with E-state index in [1.807, 2.05) is 63.8 Å². The van der Waals surface area contributed by atoms with Crippen molar-refractivity contribution in [2.24, 2.45) is 5.92 Å². The molecule has 0 aliphatic carbocycles. The number of imide groups is 1. The lowest BCUT2D eigenvalue weighted by Crippen LogP contribution is -2.45. The molecule has 2 aromatic heterocycles. The van der Waals surface area contributed by atoms with Gasteiger partial charge in [0.15, 0.2) is 0 Å². The first-order valence-corrected chi connectivity index (χ1v) is 24.8. The highest BCUT2D eigenvalue weighted by Crippen LogP contribution is 2.37. The fraction of sp³-hybridized carbons (Fsp3) is 0.519. The first-order chi connectivity index (χ1) is 34.0. The molecular formula is C52H69F4N9O6S. The molecule has 1 atom stereocenters. The maximum Gasteiger partial charge on any atom is 0.419 e. The third-order valence-electron chi connectivity index (χ3n) is 11.3. The lowest BCUT2D eigenvalue weighted by atomic mass is 9.90. The summed E-state index contributed by atoms with van der Waals surface area (Å²) >= 11 is 1.37. The Balaban J connectivity index is 0.000000931. The Bertz CT molecular complexity index is 2480. The summed E-state index contributed by atoms with van der Waals surface area (Å²) in [5, 5.41) is 25.3. The Morgan fingerprint density at radius 2 is 1.67 bits per heavy atom. The Hall–Kier alpha value is -5.72. The molecule has 0 spiro atoms. The standard InChI is InChI=1S/C43H46F4N8O5S.C5H12O.C2H5N.C2H6/c1-42(2,59)26-54-25-30(23-49-54)38-34(43(45,46)47)24-48-41(52-38)50-36-10-8-32(22-35(36)44)61-55-18-12-28(13-19-55)40(58)53-16-14-31(15-17-53)60-20-4-6-27-5-3-7-29(21-27)33-9-11-37(56)51-39(33)57;1-5(2,3)6-4;1-2-3;1-2/h3,5,7-8,10,21-25,28,31,33,59H,9,11-20,26H2,1-2H3,(H,48,50,52)(H,51,56,57);1-4H3;2-3H,1H3;1-2H3. The van der Waals surface area contributed by atoms with Crippen molar-refractivity contribution < 1.29 is 46.5 Å². The maximum atomic E-state index is 15.3. The Morgan fingerprint density at radius 1 is 1.00 bits per heavy atom. The zero-order chi connectivity index (χ0) is 53.2. The molecule has 2 aromatic carbocycles. The van der Waals surface area contributed by atoms with Crippen molar-refractivity contribution in [3.8, 4) is 23.1 Å². The molecule has 3 aliphatic heterocycles. The van der Waals surface area contributed by atoms with E-state index in [1.54, 1.807) is 33.9 Å². The molecule has 3 fully saturated rings. The van der Waals surface area contributed by atoms with Crippen molar-refractivity contribution in [3.63, 3.8) is 0 Å². The van der Waals surface area contributed by atoms with Crippen LogP contribution in [0.4, 0.5) is 29.2 Å². The van der Waals surface area contributed by atoms with Crippen molar-refractivity contribution in [1.82, 2.24) is 34.3 Å². The summed E-state index contributed by atoms with van der Waals surface area (Å²) in [6.45, 7) is 17.6. The van der Waals surface area contributed by atoms with Gasteiger partial charge in [0.25, 0.3) is 0 Å². The van der Waals surface area contributed by atoms with Crippen molar-refractivity contribution in [3.05, 3.63) is 83.6 Å². The number of amides is 3. The number of alkyl halides is 3. The van der Waals surface area contributed by atoms with Gasteiger partial charge in [0, 0.05) is 74.0 Å². The predicted octanol–water partition coefficient (Wildman–Crippen LogP) is 9.42. The molecule has 0 bridgehead atoms. The lowest BCUT2D eigenvalue weighted by molar-refractivity contribution is -0.139. The van der Waals surface area contributed by atoms with E-state index in [-0.39, 0.29) is 71.6 Å². The molecule has 4 N–H and O–H groups in total. The normalized spacial score (nSPS) is 16.9. The molecule has 3 amide bonds. The SMILES string of the molecule is CC.CC(C)(O)Cn1cc(-c2nc(Nc3ccc(SN4CCC(C(=O)N5CCC(OCC#Cc6cccc(C7CCC(=O)NC7=O)c6)CC5)CC4)cc3F)ncc2C(F)(F)F)cn1.CC=N.COC(C)(C)C. The van der Waals surface area contributed by atoms with Gasteiger partial charge in [0.05, 0.1) is 47.3 Å². The summed E-state index contributed by atoms with van der Waals surface area (Å²) < 4.78 is 71.4. The molecule has 1 unspecified atom stereocenters. The number of nitrogens with one attached hydrogen (secondary N) is 3. The molecule has 4 aromatic rings. The number of ether oxygens (including phenoxy) is 2. The van der Waals surface area contributed by atoms with Gasteiger partial charge in [0.2, 0.25) is 23.7 Å². The van der Waals surface area contributed by atoms with E-state index in [2.05, 4.69) is 41.8 Å². The zero-order valence-corrected chi connectivity index (χ0v) is 43.5. The van der Waals surface area contributed by atoms with E-state index >= 15 is 4.39 Å². The number of likely N-dealkylation sites (tertiary alicyclic amines) is 1. The maximum absolute atomic E-state index is 15.3. The average molecular weight is 1020 g/mol. The number of carbonyl (C=O) groups excluding carboxylic acids is 3. The number of halogens is 4. The molecule has 0 saturated carbocycles. The Morgan fingerprint density at radius 3 is 2.26 bits per heavy atom. The van der Waals surface area contributed by atoms with Crippen LogP contribution in [-0.4, -0.2) is 115 Å². The monoisotopic (exact) mass is 1020 g/mol. The smallest absolute Gasteiger partial charge is 0.389 e. The largest absolute Gasteiger partial charge is 0.419 e. The van der Waals surface area contributed by atoms with Gasteiger partial charge in [0.1, 0.15) is 18.0 Å². The van der Waals surface area contributed by atoms with Crippen LogP contribution in [0.3, 0.4) is 0 Å². The second-order valence-electron chi connectivity index (χ2n) is 18.6. The number of rotatable bonds is 11. The number of piperidine rings is 3. The summed E-state index contributed by atoms with van der Waals surface area (Å²) in [4.78, 5) is 47.6. The molecule has 15 nitrogen and oxygen atoms in total. The number of nitrogens with zero attached hydrogens (tertiary/aromatic N) is 6. The molecular weight excluding hydrogens is 955 g/mol. The van der Waals surface area contributed by atoms with Gasteiger partial charge in [-0.05, 0) is 128 Å². The molecule has 392 valence electrons. The number of benzene rings is 2. The van der Waals surface area contributed by atoms with Crippen LogP contribution in [0, 0.1) is 29.0 Å². The zero-order valence-electron chi connectivity index (χ0n) is 42.7. The number of aliphatic hydroxyl groups is 1. The molecule has 5 heterocycles. The van der Waals surface area contributed by atoms with E-state index in [9.17, 15) is 32.7 Å². The number of aromatic nitrogens is 4. The van der Waals surface area contributed by atoms with Gasteiger partial charge in [-0.2, -0.15) is 18.3 Å². The summed E-state index contributed by atoms with van der Waals surface area (Å²) in [5.74, 6) is 4.41. The summed E-state index contributed by atoms with van der Waals surface area (Å²) in [6.07, 6.45) is 3.23. The van der Waals surface area contributed by atoms with Crippen LogP contribution in [0.15, 0.2) is 66.0 Å². The second kappa shape index (κ2) is 27.4. The lowest BCUT2D eigenvalue weighted by Gasteiger charge is -2.36. The summed E-state index contributed by atoms with van der Waals surface area (Å²) in [7, 11) is 1.71. The van der Waals surface area contributed by atoms with Crippen LogP contribution >= 0.6 is 11.9 Å². The predicted molar refractivity (Wildman–Crippen MR) is 271 cm³/mol. The molecule has 72 heavy (non-hydrogen) atoms. The van der Waals surface area contributed by atoms with E-state index in [0.29, 0.717) is 75.8 Å². The van der Waals surface area contributed by atoms with Gasteiger partial charge in [-0.15, -0.1) is 0 Å². The highest BCUT2D eigenvalue weighted by molar-refractivity contribution is 7.97. The highest BCUT2D eigenvalue weighted by atomic mass is 32.2. The van der Waals surface area contributed by atoms with Crippen LogP contribution in [-0.2, 0) is 36.6 Å². The van der Waals surface area contributed by atoms with Crippen molar-refractivity contribution in [2.75, 3.05) is 45.2 Å². The van der Waals surface area contributed by atoms with Crippen LogP contribution in [0.1, 0.15) is 117 Å². The van der Waals surface area contributed by atoms with E-state index in [0.717, 1.165) is 11.1 Å². The van der Waals surface area contributed by atoms with Gasteiger partial charge in [-0.25, -0.2) is 18.7 Å². The molecule has 7 rings (SSSR count). The number of hydrogen-bond donors (Lipinski definition) is 4. The third-order valence-corrected chi connectivity index (χ3v) is 12.4. The fourth-order valence-electron chi connectivity index (χ4n) is 7.60. The van der Waals surface area contributed by atoms with Crippen molar-refractivity contribution in [2.45, 2.75) is 135 Å². The Kier molecular flexibility index (Phi) is 22.4. The number of anilines is 2. The molecule has 20 heteroatoms. The minimum Gasteiger partial charge on any atom is -0.389 e. The summed E-state index contributed by atoms with van der Waals surface area (Å²) in [6, 6.07) is 12.0. The van der Waals surface area contributed by atoms with Crippen LogP contribution in [0.2, 0.25) is 0 Å². The average Bonchev–Trinajstić information content (AvgIpc) is 3.79. The minimum atomic E-state index is -4.76. The van der Waals surface area contributed by atoms with Crippen molar-refractivity contribution in [1.29, 1.82) is 5.41 Å². The van der Waals surface area contributed by atoms with Gasteiger partial charge in [-0.3, -0.25) is 24.4 Å².